The quantitative estimate of drug-likeness (QED) is 0.830. The molecular weight excluding hydrogens is 246 g/mol. The van der Waals surface area contributed by atoms with Crippen LogP contribution in [0, 0.1) is 17.8 Å². The lowest BCUT2D eigenvalue weighted by Crippen LogP contribution is -2.33. The van der Waals surface area contributed by atoms with E-state index in [0.29, 0.717) is 24.3 Å². The molecule has 1 heterocycles. The van der Waals surface area contributed by atoms with Gasteiger partial charge in [0.05, 0.1) is 5.56 Å². The Morgan fingerprint density at radius 1 is 1.26 bits per heavy atom. The van der Waals surface area contributed by atoms with E-state index in [1.54, 1.807) is 0 Å². The van der Waals surface area contributed by atoms with E-state index in [9.17, 15) is 9.59 Å². The molecule has 0 aliphatic carbocycles. The molecule has 0 bridgehead atoms. The molecule has 0 atom stereocenters. The van der Waals surface area contributed by atoms with Crippen LogP contribution < -0.4 is 5.32 Å². The number of carboxylic acids is 1. The zero-order valence-electron chi connectivity index (χ0n) is 11.8. The monoisotopic (exact) mass is 267 g/mol. The van der Waals surface area contributed by atoms with E-state index < -0.39 is 5.97 Å². The van der Waals surface area contributed by atoms with Crippen molar-refractivity contribution in [3.8, 4) is 0 Å². The molecule has 19 heavy (non-hydrogen) atoms. The van der Waals surface area contributed by atoms with Crippen LogP contribution >= 0.6 is 0 Å². The standard InChI is InChI=1S/C14H21NO4/c1-8(2)11(9(3)4)6-15-13(16)12-5-10(7-19-12)14(17)18/h5,7-9,11H,6H2,1-4H3,(H,15,16)(H,17,18). The number of carbonyl (C=O) groups excluding carboxylic acids is 1. The van der Waals surface area contributed by atoms with Crippen molar-refractivity contribution in [3.05, 3.63) is 23.7 Å². The topological polar surface area (TPSA) is 79.5 Å². The molecule has 0 aliphatic rings. The number of furan rings is 1. The second-order valence-electron chi connectivity index (χ2n) is 5.37. The highest BCUT2D eigenvalue weighted by Gasteiger charge is 2.20. The first kappa shape index (κ1) is 15.3. The maximum absolute atomic E-state index is 11.8. The summed E-state index contributed by atoms with van der Waals surface area (Å²) in [6.07, 6.45) is 1.07. The van der Waals surface area contributed by atoms with Crippen molar-refractivity contribution in [2.24, 2.45) is 17.8 Å². The summed E-state index contributed by atoms with van der Waals surface area (Å²) in [4.78, 5) is 22.5. The van der Waals surface area contributed by atoms with Crippen molar-refractivity contribution in [2.45, 2.75) is 27.7 Å². The fraction of sp³-hybridized carbons (Fsp3) is 0.571. The van der Waals surface area contributed by atoms with Crippen molar-refractivity contribution in [3.63, 3.8) is 0 Å². The van der Waals surface area contributed by atoms with Crippen molar-refractivity contribution in [2.75, 3.05) is 6.54 Å². The lowest BCUT2D eigenvalue weighted by Gasteiger charge is -2.24. The van der Waals surface area contributed by atoms with E-state index in [0.717, 1.165) is 6.26 Å². The number of hydrogen-bond acceptors (Lipinski definition) is 3. The second kappa shape index (κ2) is 6.41. The van der Waals surface area contributed by atoms with Gasteiger partial charge in [-0.2, -0.15) is 0 Å². The van der Waals surface area contributed by atoms with E-state index in [-0.39, 0.29) is 17.2 Å². The van der Waals surface area contributed by atoms with Crippen molar-refractivity contribution in [1.82, 2.24) is 5.32 Å². The van der Waals surface area contributed by atoms with Crippen LogP contribution in [0.1, 0.15) is 48.6 Å². The fourth-order valence-corrected chi connectivity index (χ4v) is 2.11. The molecule has 0 saturated carbocycles. The molecule has 5 heteroatoms. The van der Waals surface area contributed by atoms with E-state index >= 15 is 0 Å². The molecule has 0 unspecified atom stereocenters. The third-order valence-corrected chi connectivity index (χ3v) is 3.28. The average Bonchev–Trinajstić information content (AvgIpc) is 2.77. The molecule has 0 radical (unpaired) electrons. The molecule has 0 aromatic carbocycles. The van der Waals surface area contributed by atoms with Crippen LogP contribution in [0.2, 0.25) is 0 Å². The predicted molar refractivity (Wildman–Crippen MR) is 71.2 cm³/mol. The van der Waals surface area contributed by atoms with Crippen molar-refractivity contribution < 1.29 is 19.1 Å². The van der Waals surface area contributed by atoms with Gasteiger partial charge in [0.15, 0.2) is 5.76 Å². The van der Waals surface area contributed by atoms with E-state index in [1.807, 2.05) is 0 Å². The SMILES string of the molecule is CC(C)C(CNC(=O)c1cc(C(=O)O)co1)C(C)C. The normalized spacial score (nSPS) is 11.3. The number of amides is 1. The summed E-state index contributed by atoms with van der Waals surface area (Å²) in [7, 11) is 0. The minimum absolute atomic E-state index is 0.0191. The Morgan fingerprint density at radius 2 is 1.84 bits per heavy atom. The zero-order chi connectivity index (χ0) is 14.6. The van der Waals surface area contributed by atoms with Crippen LogP contribution in [0.15, 0.2) is 16.7 Å². The maximum Gasteiger partial charge on any atom is 0.338 e. The molecule has 1 aromatic heterocycles. The lowest BCUT2D eigenvalue weighted by molar-refractivity contribution is 0.0695. The highest BCUT2D eigenvalue weighted by Crippen LogP contribution is 2.19. The number of rotatable bonds is 6. The summed E-state index contributed by atoms with van der Waals surface area (Å²) in [6.45, 7) is 9.02. The van der Waals surface area contributed by atoms with Crippen molar-refractivity contribution in [1.29, 1.82) is 0 Å². The molecule has 2 N–H and O–H groups in total. The molecule has 1 rings (SSSR count). The van der Waals surface area contributed by atoms with Gasteiger partial charge in [0.25, 0.3) is 5.91 Å². The summed E-state index contributed by atoms with van der Waals surface area (Å²) < 4.78 is 4.95. The Balaban J connectivity index is 2.61. The van der Waals surface area contributed by atoms with Crippen LogP contribution in [-0.4, -0.2) is 23.5 Å². The van der Waals surface area contributed by atoms with Crippen LogP contribution in [0.5, 0.6) is 0 Å². The highest BCUT2D eigenvalue weighted by atomic mass is 16.4. The van der Waals surface area contributed by atoms with Gasteiger partial charge in [-0.15, -0.1) is 0 Å². The van der Waals surface area contributed by atoms with Crippen LogP contribution in [0.4, 0.5) is 0 Å². The van der Waals surface area contributed by atoms with Gasteiger partial charge < -0.3 is 14.8 Å². The van der Waals surface area contributed by atoms with Crippen LogP contribution in [0.3, 0.4) is 0 Å². The predicted octanol–water partition coefficient (Wildman–Crippen LogP) is 2.64. The molecule has 106 valence electrons. The van der Waals surface area contributed by atoms with E-state index in [1.165, 1.54) is 6.07 Å². The Labute approximate surface area is 113 Å². The Bertz CT molecular complexity index is 440. The molecule has 0 saturated heterocycles. The molecule has 0 spiro atoms. The van der Waals surface area contributed by atoms with Gasteiger partial charge in [-0.25, -0.2) is 4.79 Å². The second-order valence-corrected chi connectivity index (χ2v) is 5.37. The summed E-state index contributed by atoms with van der Waals surface area (Å²) in [5.74, 6) is -0.150. The summed E-state index contributed by atoms with van der Waals surface area (Å²) in [5, 5.41) is 11.5. The smallest absolute Gasteiger partial charge is 0.338 e. The minimum atomic E-state index is -1.11. The van der Waals surface area contributed by atoms with Gasteiger partial charge in [-0.1, -0.05) is 27.7 Å². The van der Waals surface area contributed by atoms with Crippen LogP contribution in [-0.2, 0) is 0 Å². The van der Waals surface area contributed by atoms with Gasteiger partial charge in [0, 0.05) is 12.6 Å². The Morgan fingerprint density at radius 3 is 2.26 bits per heavy atom. The summed E-state index contributed by atoms with van der Waals surface area (Å²) in [6, 6.07) is 1.23. The maximum atomic E-state index is 11.8. The first-order valence-corrected chi connectivity index (χ1v) is 6.43. The van der Waals surface area contributed by atoms with E-state index in [4.69, 9.17) is 9.52 Å². The number of nitrogens with one attached hydrogen (secondary N) is 1. The first-order chi connectivity index (χ1) is 8.82. The number of carboxylic acid groups (broad SMARTS) is 1. The van der Waals surface area contributed by atoms with E-state index in [2.05, 4.69) is 33.0 Å². The summed E-state index contributed by atoms with van der Waals surface area (Å²) in [5.41, 5.74) is -0.0191. The third kappa shape index (κ3) is 4.12. The number of aromatic carboxylic acids is 1. The van der Waals surface area contributed by atoms with Crippen molar-refractivity contribution >= 4 is 11.9 Å². The van der Waals surface area contributed by atoms with Gasteiger partial charge in [0.2, 0.25) is 0 Å². The van der Waals surface area contributed by atoms with Gasteiger partial charge in [-0.05, 0) is 17.8 Å². The summed E-state index contributed by atoms with van der Waals surface area (Å²) >= 11 is 0. The Hall–Kier alpha value is -1.78. The largest absolute Gasteiger partial charge is 0.478 e. The minimum Gasteiger partial charge on any atom is -0.478 e. The highest BCUT2D eigenvalue weighted by molar-refractivity contribution is 5.95. The average molecular weight is 267 g/mol. The molecule has 5 nitrogen and oxygen atoms in total. The fourth-order valence-electron chi connectivity index (χ4n) is 2.11. The number of hydrogen-bond donors (Lipinski definition) is 2. The molecular formula is C14H21NO4. The first-order valence-electron chi connectivity index (χ1n) is 6.43. The molecule has 0 aliphatic heterocycles. The molecule has 0 fully saturated rings. The van der Waals surface area contributed by atoms with Gasteiger partial charge in [-0.3, -0.25) is 4.79 Å². The number of carbonyl (C=O) groups is 2. The molecule has 1 amide bonds. The van der Waals surface area contributed by atoms with Gasteiger partial charge in [0.1, 0.15) is 6.26 Å². The third-order valence-electron chi connectivity index (χ3n) is 3.28. The lowest BCUT2D eigenvalue weighted by atomic mass is 9.85. The molecule has 1 aromatic rings. The Kier molecular flexibility index (Phi) is 5.15. The van der Waals surface area contributed by atoms with Crippen LogP contribution in [0.25, 0.3) is 0 Å². The zero-order valence-corrected chi connectivity index (χ0v) is 11.8. The van der Waals surface area contributed by atoms with Gasteiger partial charge >= 0.3 is 5.97 Å².